The maximum absolute atomic E-state index is 14.6. The molecule has 3 aromatic heterocycles. The molecule has 0 fully saturated rings. The summed E-state index contributed by atoms with van der Waals surface area (Å²) in [5.74, 6) is -2.56. The Hall–Kier alpha value is -5.10. The lowest BCUT2D eigenvalue weighted by Crippen LogP contribution is -2.24. The van der Waals surface area contributed by atoms with Crippen LogP contribution in [0.2, 0.25) is 0 Å². The summed E-state index contributed by atoms with van der Waals surface area (Å²) in [5.41, 5.74) is -1.30. The minimum atomic E-state index is -4.58. The van der Waals surface area contributed by atoms with Crippen LogP contribution in [-0.2, 0) is 32.4 Å². The highest BCUT2D eigenvalue weighted by Gasteiger charge is 2.31. The lowest BCUT2D eigenvalue weighted by atomic mass is 10.2. The third-order valence-corrected chi connectivity index (χ3v) is 5.93. The standard InChI is InChI=1S/C26H24F7N9O3/c1-25(29,30)45-19-2-3-20(28)16(7-19)10-36-24(44)22-14-42(40-38-22)12-18(27)4-5-41-13-21(37-39-41)23(43)35-9-15-6-17(11-34-8-15)26(31,32)33/h2-3,6-8,11,13-14,18H,4-5,9-10,12H2,1H3,(H,35,43)(H,36,44). The number of alkyl halides is 6. The average molecular weight is 644 g/mol. The number of rotatable bonds is 13. The molecule has 1 aromatic carbocycles. The van der Waals surface area contributed by atoms with Gasteiger partial charge < -0.3 is 15.4 Å². The zero-order valence-corrected chi connectivity index (χ0v) is 23.2. The Morgan fingerprint density at radius 2 is 1.58 bits per heavy atom. The second kappa shape index (κ2) is 13.7. The molecular weight excluding hydrogens is 619 g/mol. The molecule has 1 unspecified atom stereocenters. The minimum absolute atomic E-state index is 0.000654. The van der Waals surface area contributed by atoms with E-state index < -0.39 is 41.7 Å². The van der Waals surface area contributed by atoms with Crippen LogP contribution in [0.5, 0.6) is 5.75 Å². The zero-order valence-electron chi connectivity index (χ0n) is 23.2. The normalized spacial score (nSPS) is 12.5. The first-order valence-electron chi connectivity index (χ1n) is 13.0. The molecule has 2 amide bonds. The van der Waals surface area contributed by atoms with E-state index in [9.17, 15) is 40.3 Å². The van der Waals surface area contributed by atoms with Gasteiger partial charge in [-0.2, -0.15) is 22.0 Å². The molecule has 3 heterocycles. The minimum Gasteiger partial charge on any atom is -0.433 e. The van der Waals surface area contributed by atoms with Crippen molar-refractivity contribution in [3.8, 4) is 5.75 Å². The summed E-state index contributed by atoms with van der Waals surface area (Å²) in [6.45, 7) is -0.402. The van der Waals surface area contributed by atoms with Gasteiger partial charge in [0.15, 0.2) is 11.4 Å². The number of aryl methyl sites for hydroxylation is 1. The molecule has 2 N–H and O–H groups in total. The molecule has 0 saturated carbocycles. The van der Waals surface area contributed by atoms with Gasteiger partial charge in [-0.3, -0.25) is 19.3 Å². The van der Waals surface area contributed by atoms with E-state index in [2.05, 4.69) is 41.0 Å². The number of amides is 2. The number of nitrogens with one attached hydrogen (secondary N) is 2. The van der Waals surface area contributed by atoms with Crippen LogP contribution in [0.25, 0.3) is 0 Å². The third kappa shape index (κ3) is 9.70. The molecule has 240 valence electrons. The van der Waals surface area contributed by atoms with E-state index in [1.807, 2.05) is 0 Å². The quantitative estimate of drug-likeness (QED) is 0.210. The summed E-state index contributed by atoms with van der Waals surface area (Å²) < 4.78 is 100.0. The maximum Gasteiger partial charge on any atom is 0.417 e. The van der Waals surface area contributed by atoms with Crippen molar-refractivity contribution in [2.24, 2.45) is 0 Å². The predicted octanol–water partition coefficient (Wildman–Crippen LogP) is 3.70. The number of carbonyl (C=O) groups excluding carboxylic acids is 2. The van der Waals surface area contributed by atoms with Crippen LogP contribution >= 0.6 is 0 Å². The van der Waals surface area contributed by atoms with Crippen molar-refractivity contribution in [3.05, 3.63) is 82.9 Å². The first-order valence-corrected chi connectivity index (χ1v) is 13.0. The van der Waals surface area contributed by atoms with Crippen molar-refractivity contribution in [2.45, 2.75) is 58.0 Å². The number of nitrogens with zero attached hydrogens (tertiary/aromatic N) is 7. The molecule has 1 atom stereocenters. The van der Waals surface area contributed by atoms with Crippen LogP contribution in [0.3, 0.4) is 0 Å². The first kappa shape index (κ1) is 32.8. The maximum atomic E-state index is 14.6. The summed E-state index contributed by atoms with van der Waals surface area (Å²) in [7, 11) is 0. The van der Waals surface area contributed by atoms with Gasteiger partial charge in [0.2, 0.25) is 0 Å². The number of aromatic nitrogens is 7. The van der Waals surface area contributed by atoms with Gasteiger partial charge in [0.25, 0.3) is 11.8 Å². The fraction of sp³-hybridized carbons (Fsp3) is 0.346. The summed E-state index contributed by atoms with van der Waals surface area (Å²) in [6, 6.07) is 3.80. The molecule has 0 saturated heterocycles. The second-order valence-electron chi connectivity index (χ2n) is 9.69. The van der Waals surface area contributed by atoms with Crippen molar-refractivity contribution >= 4 is 11.8 Å². The Morgan fingerprint density at radius 1 is 0.933 bits per heavy atom. The molecule has 0 aliphatic carbocycles. The van der Waals surface area contributed by atoms with E-state index in [-0.39, 0.29) is 60.9 Å². The van der Waals surface area contributed by atoms with Gasteiger partial charge in [0, 0.05) is 50.9 Å². The summed E-state index contributed by atoms with van der Waals surface area (Å²) in [4.78, 5) is 28.2. The molecule has 12 nitrogen and oxygen atoms in total. The monoisotopic (exact) mass is 643 g/mol. The van der Waals surface area contributed by atoms with Crippen molar-refractivity contribution < 1.29 is 45.1 Å². The van der Waals surface area contributed by atoms with E-state index in [0.717, 1.165) is 35.1 Å². The molecule has 0 aliphatic rings. The largest absolute Gasteiger partial charge is 0.433 e. The van der Waals surface area contributed by atoms with Gasteiger partial charge in [-0.15, -0.1) is 10.2 Å². The van der Waals surface area contributed by atoms with E-state index in [0.29, 0.717) is 13.1 Å². The van der Waals surface area contributed by atoms with Crippen LogP contribution in [0.15, 0.2) is 49.1 Å². The fourth-order valence-corrected chi connectivity index (χ4v) is 3.81. The van der Waals surface area contributed by atoms with E-state index in [1.165, 1.54) is 17.1 Å². The van der Waals surface area contributed by atoms with Crippen molar-refractivity contribution in [3.63, 3.8) is 0 Å². The highest BCUT2D eigenvalue weighted by molar-refractivity contribution is 5.92. The Bertz CT molecular complexity index is 1640. The molecule has 4 rings (SSSR count). The van der Waals surface area contributed by atoms with Crippen molar-refractivity contribution in [1.29, 1.82) is 0 Å². The lowest BCUT2D eigenvalue weighted by molar-refractivity contribution is -0.159. The van der Waals surface area contributed by atoms with Crippen LogP contribution in [-0.4, -0.2) is 59.1 Å². The van der Waals surface area contributed by atoms with Crippen LogP contribution < -0.4 is 15.4 Å². The highest BCUT2D eigenvalue weighted by atomic mass is 19.4. The Kier molecular flexibility index (Phi) is 9.98. The fourth-order valence-electron chi connectivity index (χ4n) is 3.81. The van der Waals surface area contributed by atoms with Gasteiger partial charge in [-0.25, -0.2) is 13.5 Å². The van der Waals surface area contributed by atoms with Crippen LogP contribution in [0.1, 0.15) is 51.0 Å². The van der Waals surface area contributed by atoms with Crippen molar-refractivity contribution in [2.75, 3.05) is 0 Å². The van der Waals surface area contributed by atoms with Crippen LogP contribution in [0.4, 0.5) is 30.7 Å². The van der Waals surface area contributed by atoms with Gasteiger partial charge in [0.1, 0.15) is 17.7 Å². The lowest BCUT2D eigenvalue weighted by Gasteiger charge is -2.14. The van der Waals surface area contributed by atoms with Gasteiger partial charge in [0.05, 0.1) is 24.5 Å². The molecule has 0 aliphatic heterocycles. The number of hydrogen-bond acceptors (Lipinski definition) is 8. The molecule has 0 radical (unpaired) electrons. The molecular formula is C26H24F7N9O3. The zero-order chi connectivity index (χ0) is 32.8. The summed E-state index contributed by atoms with van der Waals surface area (Å²) in [6.07, 6.45) is -5.42. The van der Waals surface area contributed by atoms with Crippen molar-refractivity contribution in [1.82, 2.24) is 45.6 Å². The molecule has 0 bridgehead atoms. The predicted molar refractivity (Wildman–Crippen MR) is 139 cm³/mol. The van der Waals surface area contributed by atoms with E-state index >= 15 is 0 Å². The Labute approximate surface area is 249 Å². The van der Waals surface area contributed by atoms with Crippen LogP contribution in [0, 0.1) is 5.82 Å². The van der Waals surface area contributed by atoms with E-state index in [1.54, 1.807) is 0 Å². The Balaban J connectivity index is 1.22. The number of ether oxygens (including phenoxy) is 1. The number of benzene rings is 1. The molecule has 0 spiro atoms. The molecule has 19 heteroatoms. The SMILES string of the molecule is CC(F)(F)Oc1ccc(F)c(CNC(=O)c2cn(CC(F)CCn3cc(C(=O)NCc4cncc(C(F)(F)F)c4)nn3)nn2)c1. The van der Waals surface area contributed by atoms with Gasteiger partial charge >= 0.3 is 12.3 Å². The average Bonchev–Trinajstić information content (AvgIpc) is 3.64. The summed E-state index contributed by atoms with van der Waals surface area (Å²) in [5, 5.41) is 19.5. The smallest absolute Gasteiger partial charge is 0.417 e. The Morgan fingerprint density at radius 3 is 2.24 bits per heavy atom. The van der Waals surface area contributed by atoms with Gasteiger partial charge in [-0.05, 0) is 29.8 Å². The molecule has 45 heavy (non-hydrogen) atoms. The number of carbonyl (C=O) groups is 2. The number of halogens is 7. The first-order chi connectivity index (χ1) is 21.2. The molecule has 4 aromatic rings. The highest BCUT2D eigenvalue weighted by Crippen LogP contribution is 2.29. The second-order valence-corrected chi connectivity index (χ2v) is 9.69. The van der Waals surface area contributed by atoms with Gasteiger partial charge in [-0.1, -0.05) is 10.4 Å². The summed E-state index contributed by atoms with van der Waals surface area (Å²) >= 11 is 0. The number of hydrogen-bond donors (Lipinski definition) is 2. The third-order valence-electron chi connectivity index (χ3n) is 5.93. The van der Waals surface area contributed by atoms with E-state index in [4.69, 9.17) is 0 Å². The topological polar surface area (TPSA) is 142 Å². The number of pyridine rings is 1.